The first-order valence-corrected chi connectivity index (χ1v) is 12.4. The predicted octanol–water partition coefficient (Wildman–Crippen LogP) is 6.79. The highest BCUT2D eigenvalue weighted by atomic mass is 32.2. The summed E-state index contributed by atoms with van der Waals surface area (Å²) in [5.41, 5.74) is 1.87. The van der Waals surface area contributed by atoms with Gasteiger partial charge in [0, 0.05) is 16.8 Å². The molecule has 1 fully saturated rings. The summed E-state index contributed by atoms with van der Waals surface area (Å²) in [4.78, 5) is 7.83. The van der Waals surface area contributed by atoms with Gasteiger partial charge in [-0.25, -0.2) is 0 Å². The minimum absolute atomic E-state index is 0.116. The minimum atomic E-state index is -0.190. The van der Waals surface area contributed by atoms with Gasteiger partial charge in [0.05, 0.1) is 17.8 Å². The van der Waals surface area contributed by atoms with E-state index < -0.39 is 0 Å². The maximum absolute atomic E-state index is 6.37. The molecule has 4 aromatic rings. The number of benzene rings is 2. The number of thiocarbonyl (C=S) groups is 1. The minimum Gasteiger partial charge on any atom is -0.491 e. The number of rotatable bonds is 7. The fourth-order valence-electron chi connectivity index (χ4n) is 4.03. The molecule has 0 unspecified atom stereocenters. The molecule has 3 heterocycles. The zero-order valence-corrected chi connectivity index (χ0v) is 20.6. The van der Waals surface area contributed by atoms with E-state index in [4.69, 9.17) is 21.4 Å². The van der Waals surface area contributed by atoms with E-state index >= 15 is 0 Å². The number of hydrogen-bond acceptors (Lipinski definition) is 5. The highest BCUT2D eigenvalue weighted by molar-refractivity contribution is 7.99. The van der Waals surface area contributed by atoms with Gasteiger partial charge in [-0.15, -0.1) is 0 Å². The second kappa shape index (κ2) is 9.91. The first kappa shape index (κ1) is 22.5. The van der Waals surface area contributed by atoms with Gasteiger partial charge in [0.1, 0.15) is 17.6 Å². The van der Waals surface area contributed by atoms with Crippen molar-refractivity contribution in [2.45, 2.75) is 42.0 Å². The Morgan fingerprint density at radius 2 is 1.74 bits per heavy atom. The van der Waals surface area contributed by atoms with E-state index in [1.165, 1.54) is 0 Å². The van der Waals surface area contributed by atoms with Gasteiger partial charge in [0.15, 0.2) is 10.2 Å². The molecule has 1 aliphatic rings. The van der Waals surface area contributed by atoms with E-state index in [2.05, 4.69) is 27.3 Å². The Morgan fingerprint density at radius 1 is 0.971 bits per heavy atom. The van der Waals surface area contributed by atoms with Gasteiger partial charge in [-0.2, -0.15) is 0 Å². The Hall–Kier alpha value is -3.29. The van der Waals surface area contributed by atoms with Crippen molar-refractivity contribution in [3.05, 3.63) is 103 Å². The zero-order valence-electron chi connectivity index (χ0n) is 18.9. The summed E-state index contributed by atoms with van der Waals surface area (Å²) in [5.74, 6) is 1.65. The third-order valence-corrected chi connectivity index (χ3v) is 6.68. The van der Waals surface area contributed by atoms with Crippen molar-refractivity contribution in [3.63, 3.8) is 0 Å². The second-order valence-corrected chi connectivity index (χ2v) is 9.69. The summed E-state index contributed by atoms with van der Waals surface area (Å²) in [5, 5.41) is 4.93. The largest absolute Gasteiger partial charge is 0.491 e. The van der Waals surface area contributed by atoms with E-state index in [1.807, 2.05) is 86.6 Å². The van der Waals surface area contributed by atoms with Crippen molar-refractivity contribution in [2.75, 3.05) is 4.90 Å². The Kier molecular flexibility index (Phi) is 6.56. The van der Waals surface area contributed by atoms with Crippen LogP contribution in [0.3, 0.4) is 0 Å². The van der Waals surface area contributed by atoms with E-state index in [9.17, 15) is 0 Å². The van der Waals surface area contributed by atoms with Crippen LogP contribution in [0.1, 0.15) is 37.4 Å². The van der Waals surface area contributed by atoms with Crippen LogP contribution in [-0.4, -0.2) is 16.2 Å². The molecule has 172 valence electrons. The van der Waals surface area contributed by atoms with E-state index in [-0.39, 0.29) is 18.2 Å². The molecule has 1 N–H and O–H groups in total. The molecule has 0 amide bonds. The number of nitrogens with zero attached hydrogens (tertiary/aromatic N) is 2. The normalized spacial score (nSPS) is 17.7. The van der Waals surface area contributed by atoms with Gasteiger partial charge < -0.3 is 19.4 Å². The van der Waals surface area contributed by atoms with E-state index in [0.29, 0.717) is 5.11 Å². The molecule has 1 saturated heterocycles. The van der Waals surface area contributed by atoms with Gasteiger partial charge in [-0.05, 0) is 86.7 Å². The van der Waals surface area contributed by atoms with Crippen molar-refractivity contribution >= 4 is 34.8 Å². The lowest BCUT2D eigenvalue weighted by Crippen LogP contribution is -2.29. The molecule has 2 atom stereocenters. The number of hydrogen-bond donors (Lipinski definition) is 1. The van der Waals surface area contributed by atoms with Crippen LogP contribution >= 0.6 is 24.0 Å². The summed E-state index contributed by atoms with van der Waals surface area (Å²) in [6, 6.07) is 27.8. The molecule has 0 spiro atoms. The topological polar surface area (TPSA) is 50.5 Å². The average Bonchev–Trinajstić information content (AvgIpc) is 3.44. The van der Waals surface area contributed by atoms with Gasteiger partial charge in [-0.3, -0.25) is 4.98 Å². The first-order chi connectivity index (χ1) is 16.6. The SMILES string of the molecule is CC(C)Oc1ccc(N2C(=S)N[C@H](c3ccccn3)[C@H]2c2ccc(Sc3ccccc3)o2)cc1. The highest BCUT2D eigenvalue weighted by Gasteiger charge is 2.42. The van der Waals surface area contributed by atoms with Crippen LogP contribution < -0.4 is 15.0 Å². The van der Waals surface area contributed by atoms with Crippen LogP contribution in [-0.2, 0) is 0 Å². The maximum atomic E-state index is 6.37. The van der Waals surface area contributed by atoms with Crippen LogP contribution in [0.25, 0.3) is 0 Å². The molecule has 0 saturated carbocycles. The van der Waals surface area contributed by atoms with Gasteiger partial charge in [-0.1, -0.05) is 36.0 Å². The quantitative estimate of drug-likeness (QED) is 0.288. The van der Waals surface area contributed by atoms with Gasteiger partial charge in [0.2, 0.25) is 0 Å². The van der Waals surface area contributed by atoms with Crippen LogP contribution in [0.5, 0.6) is 5.75 Å². The monoisotopic (exact) mass is 487 g/mol. The fraction of sp³-hybridized carbons (Fsp3) is 0.185. The van der Waals surface area contributed by atoms with Gasteiger partial charge in [0.25, 0.3) is 0 Å². The molecular formula is C27H25N3O2S2. The summed E-state index contributed by atoms with van der Waals surface area (Å²) in [7, 11) is 0. The lowest BCUT2D eigenvalue weighted by Gasteiger charge is -2.26. The van der Waals surface area contributed by atoms with Crippen LogP contribution in [0, 0.1) is 0 Å². The number of nitrogens with one attached hydrogen (secondary N) is 1. The Balaban J connectivity index is 1.50. The van der Waals surface area contributed by atoms with Crippen molar-refractivity contribution < 1.29 is 9.15 Å². The Bertz CT molecular complexity index is 1240. The molecule has 7 heteroatoms. The molecule has 0 radical (unpaired) electrons. The third-order valence-electron chi connectivity index (χ3n) is 5.44. The van der Waals surface area contributed by atoms with Crippen molar-refractivity contribution in [1.82, 2.24) is 10.3 Å². The number of furan rings is 1. The maximum Gasteiger partial charge on any atom is 0.174 e. The molecule has 0 bridgehead atoms. The molecule has 5 rings (SSSR count). The number of pyridine rings is 1. The smallest absolute Gasteiger partial charge is 0.174 e. The van der Waals surface area contributed by atoms with Crippen molar-refractivity contribution in [3.8, 4) is 5.75 Å². The molecule has 1 aliphatic heterocycles. The Morgan fingerprint density at radius 3 is 2.44 bits per heavy atom. The summed E-state index contributed by atoms with van der Waals surface area (Å²) in [6.07, 6.45) is 1.92. The van der Waals surface area contributed by atoms with Crippen LogP contribution in [0.2, 0.25) is 0 Å². The van der Waals surface area contributed by atoms with Crippen molar-refractivity contribution in [1.29, 1.82) is 0 Å². The molecule has 2 aromatic heterocycles. The third kappa shape index (κ3) is 4.81. The standard InChI is InChI=1S/C27H25N3O2S2/c1-18(2)31-20-13-11-19(12-14-20)30-26(25(29-27(30)33)22-10-6-7-17-28-22)23-15-16-24(32-23)34-21-8-4-3-5-9-21/h3-18,25-26H,1-2H3,(H,29,33)/t25-,26-/m1/s1. The number of anilines is 1. The lowest BCUT2D eigenvalue weighted by atomic mass is 10.0. The Labute approximate surface area is 209 Å². The van der Waals surface area contributed by atoms with E-state index in [1.54, 1.807) is 18.0 Å². The molecular weight excluding hydrogens is 462 g/mol. The molecule has 34 heavy (non-hydrogen) atoms. The van der Waals surface area contributed by atoms with Crippen LogP contribution in [0.15, 0.2) is 106 Å². The average molecular weight is 488 g/mol. The molecule has 0 aliphatic carbocycles. The van der Waals surface area contributed by atoms with Gasteiger partial charge >= 0.3 is 0 Å². The first-order valence-electron chi connectivity index (χ1n) is 11.2. The van der Waals surface area contributed by atoms with E-state index in [0.717, 1.165) is 32.9 Å². The summed E-state index contributed by atoms with van der Waals surface area (Å²) >= 11 is 7.40. The van der Waals surface area contributed by atoms with Crippen LogP contribution in [0.4, 0.5) is 5.69 Å². The number of ether oxygens (including phenoxy) is 1. The molecule has 2 aromatic carbocycles. The second-order valence-electron chi connectivity index (χ2n) is 8.23. The zero-order chi connectivity index (χ0) is 23.5. The molecule has 5 nitrogen and oxygen atoms in total. The lowest BCUT2D eigenvalue weighted by molar-refractivity contribution is 0.242. The highest BCUT2D eigenvalue weighted by Crippen LogP contribution is 2.43. The summed E-state index contributed by atoms with van der Waals surface area (Å²) in [6.45, 7) is 4.03. The number of aromatic nitrogens is 1. The summed E-state index contributed by atoms with van der Waals surface area (Å²) < 4.78 is 12.2. The fourth-order valence-corrected chi connectivity index (χ4v) is 5.18. The van der Waals surface area contributed by atoms with Crippen molar-refractivity contribution in [2.24, 2.45) is 0 Å². The predicted molar refractivity (Wildman–Crippen MR) is 139 cm³/mol.